The van der Waals surface area contributed by atoms with Gasteiger partial charge in [0.25, 0.3) is 0 Å². The monoisotopic (exact) mass is 459 g/mol. The Morgan fingerprint density at radius 2 is 1.88 bits per heavy atom. The molecule has 0 amide bonds. The predicted molar refractivity (Wildman–Crippen MR) is 138 cm³/mol. The molecule has 1 aliphatic heterocycles. The van der Waals surface area contributed by atoms with Gasteiger partial charge in [-0.05, 0) is 50.9 Å². The Bertz CT molecular complexity index is 1110. The van der Waals surface area contributed by atoms with Gasteiger partial charge in [0.15, 0.2) is 5.82 Å². The van der Waals surface area contributed by atoms with Gasteiger partial charge in [0.1, 0.15) is 23.6 Å². The zero-order valence-corrected chi connectivity index (χ0v) is 20.4. The topological polar surface area (TPSA) is 69.2 Å². The van der Waals surface area contributed by atoms with Gasteiger partial charge in [0.05, 0.1) is 12.2 Å². The van der Waals surface area contributed by atoms with Gasteiger partial charge in [0, 0.05) is 19.0 Å². The molecule has 3 aromatic rings. The van der Waals surface area contributed by atoms with Crippen molar-refractivity contribution >= 4 is 16.9 Å². The standard InChI is InChI=1S/C28H37N5O/c1-2-3-16-25-30-26-24(15-9-5-10-17-32-18-11-6-12-19-32)20-33(27(26)28(29)31-25)22-34-21-23-13-7-4-8-14-23/h4,7-8,13-14,20H,2-3,5-6,10-12,16-19,21-22H2,1H3,(H2,29,30,31). The number of nitrogen functional groups attached to an aromatic ring is 1. The first kappa shape index (κ1) is 24.3. The number of benzene rings is 1. The summed E-state index contributed by atoms with van der Waals surface area (Å²) in [6.45, 7) is 6.70. The molecule has 0 aliphatic carbocycles. The number of piperidine rings is 1. The van der Waals surface area contributed by atoms with Crippen LogP contribution in [0.25, 0.3) is 11.0 Å². The molecule has 0 spiro atoms. The number of nitrogens with zero attached hydrogens (tertiary/aromatic N) is 4. The summed E-state index contributed by atoms with van der Waals surface area (Å²) < 4.78 is 7.98. The summed E-state index contributed by atoms with van der Waals surface area (Å²) in [5, 5.41) is 0. The fraction of sp³-hybridized carbons (Fsp3) is 0.500. The average Bonchev–Trinajstić information content (AvgIpc) is 3.21. The maximum Gasteiger partial charge on any atom is 0.151 e. The van der Waals surface area contributed by atoms with Crippen LogP contribution in [0.4, 0.5) is 5.82 Å². The van der Waals surface area contributed by atoms with E-state index in [9.17, 15) is 0 Å². The molecular weight excluding hydrogens is 422 g/mol. The third-order valence-corrected chi connectivity index (χ3v) is 6.33. The first-order valence-electron chi connectivity index (χ1n) is 12.7. The average molecular weight is 460 g/mol. The molecule has 2 aromatic heterocycles. The highest BCUT2D eigenvalue weighted by atomic mass is 16.5. The Morgan fingerprint density at radius 1 is 1.06 bits per heavy atom. The number of unbranched alkanes of at least 4 members (excludes halogenated alkanes) is 2. The van der Waals surface area contributed by atoms with Gasteiger partial charge in [0.2, 0.25) is 0 Å². The van der Waals surface area contributed by atoms with Gasteiger partial charge < -0.3 is 19.9 Å². The molecule has 1 fully saturated rings. The van der Waals surface area contributed by atoms with Crippen molar-refractivity contribution < 1.29 is 4.74 Å². The molecule has 2 N–H and O–H groups in total. The van der Waals surface area contributed by atoms with Gasteiger partial charge in [-0.15, -0.1) is 0 Å². The second-order valence-electron chi connectivity index (χ2n) is 9.11. The molecule has 0 saturated carbocycles. The van der Waals surface area contributed by atoms with Crippen LogP contribution in [0.3, 0.4) is 0 Å². The van der Waals surface area contributed by atoms with E-state index >= 15 is 0 Å². The molecule has 3 heterocycles. The fourth-order valence-electron chi connectivity index (χ4n) is 4.48. The van der Waals surface area contributed by atoms with Gasteiger partial charge in [-0.3, -0.25) is 0 Å². The minimum Gasteiger partial charge on any atom is -0.382 e. The molecule has 0 unspecified atom stereocenters. The third-order valence-electron chi connectivity index (χ3n) is 6.33. The zero-order chi connectivity index (χ0) is 23.6. The summed E-state index contributed by atoms with van der Waals surface area (Å²) in [4.78, 5) is 12.0. The highest BCUT2D eigenvalue weighted by molar-refractivity contribution is 5.90. The Morgan fingerprint density at radius 3 is 2.68 bits per heavy atom. The molecule has 34 heavy (non-hydrogen) atoms. The van der Waals surface area contributed by atoms with E-state index in [-0.39, 0.29) is 0 Å². The highest BCUT2D eigenvalue weighted by Crippen LogP contribution is 2.24. The van der Waals surface area contributed by atoms with Crippen LogP contribution in [0.2, 0.25) is 0 Å². The summed E-state index contributed by atoms with van der Waals surface area (Å²) in [6, 6.07) is 10.2. The molecule has 4 rings (SSSR count). The van der Waals surface area contributed by atoms with Crippen molar-refractivity contribution in [1.82, 2.24) is 19.4 Å². The quantitative estimate of drug-likeness (QED) is 0.335. The number of fused-ring (bicyclic) bond motifs is 1. The number of aromatic nitrogens is 3. The third kappa shape index (κ3) is 6.59. The summed E-state index contributed by atoms with van der Waals surface area (Å²) in [5.74, 6) is 8.04. The number of hydrogen-bond donors (Lipinski definition) is 1. The van der Waals surface area contributed by atoms with Crippen LogP contribution in [0.1, 0.15) is 68.8 Å². The lowest BCUT2D eigenvalue weighted by molar-refractivity contribution is 0.0668. The van der Waals surface area contributed by atoms with Crippen molar-refractivity contribution in [1.29, 1.82) is 0 Å². The molecule has 0 atom stereocenters. The van der Waals surface area contributed by atoms with E-state index in [1.165, 1.54) is 32.4 Å². The van der Waals surface area contributed by atoms with Crippen molar-refractivity contribution in [3.8, 4) is 11.8 Å². The Kier molecular flexibility index (Phi) is 8.95. The molecule has 1 saturated heterocycles. The summed E-state index contributed by atoms with van der Waals surface area (Å²) in [7, 11) is 0. The van der Waals surface area contributed by atoms with Crippen molar-refractivity contribution in [2.75, 3.05) is 25.4 Å². The first-order valence-corrected chi connectivity index (χ1v) is 12.7. The summed E-state index contributed by atoms with van der Waals surface area (Å²) in [6.07, 6.45) is 11.0. The van der Waals surface area contributed by atoms with Crippen molar-refractivity contribution in [3.63, 3.8) is 0 Å². The number of anilines is 1. The molecule has 1 aromatic carbocycles. The van der Waals surface area contributed by atoms with E-state index in [2.05, 4.69) is 40.8 Å². The molecular formula is C28H37N5O. The van der Waals surface area contributed by atoms with E-state index in [1.54, 1.807) is 0 Å². The minimum absolute atomic E-state index is 0.379. The Balaban J connectivity index is 1.48. The van der Waals surface area contributed by atoms with Crippen LogP contribution >= 0.6 is 0 Å². The number of rotatable bonds is 10. The second kappa shape index (κ2) is 12.5. The Labute approximate surface area is 203 Å². The fourth-order valence-corrected chi connectivity index (χ4v) is 4.48. The molecule has 180 valence electrons. The van der Waals surface area contributed by atoms with Gasteiger partial charge in [-0.1, -0.05) is 61.9 Å². The molecule has 0 bridgehead atoms. The maximum absolute atomic E-state index is 6.40. The largest absolute Gasteiger partial charge is 0.382 e. The van der Waals surface area contributed by atoms with E-state index in [0.717, 1.165) is 66.6 Å². The normalized spacial score (nSPS) is 14.3. The van der Waals surface area contributed by atoms with E-state index < -0.39 is 0 Å². The summed E-state index contributed by atoms with van der Waals surface area (Å²) >= 11 is 0. The minimum atomic E-state index is 0.379. The Hall–Kier alpha value is -2.88. The van der Waals surface area contributed by atoms with Crippen LogP contribution < -0.4 is 5.73 Å². The van der Waals surface area contributed by atoms with Crippen LogP contribution in [0, 0.1) is 11.8 Å². The van der Waals surface area contributed by atoms with Gasteiger partial charge in [-0.2, -0.15) is 0 Å². The maximum atomic E-state index is 6.40. The second-order valence-corrected chi connectivity index (χ2v) is 9.11. The molecule has 6 nitrogen and oxygen atoms in total. The molecule has 0 radical (unpaired) electrons. The van der Waals surface area contributed by atoms with Crippen molar-refractivity contribution in [3.05, 3.63) is 53.5 Å². The smallest absolute Gasteiger partial charge is 0.151 e. The SMILES string of the molecule is CCCCc1nc(N)c2c(n1)c(C#CCCCN1CCCCC1)cn2COCc1ccccc1. The lowest BCUT2D eigenvalue weighted by atomic mass is 10.1. The number of nitrogens with two attached hydrogens (primary N) is 1. The lowest BCUT2D eigenvalue weighted by Gasteiger charge is -2.25. The van der Waals surface area contributed by atoms with Crippen LogP contribution in [-0.4, -0.2) is 39.1 Å². The highest BCUT2D eigenvalue weighted by Gasteiger charge is 2.15. The summed E-state index contributed by atoms with van der Waals surface area (Å²) in [5.41, 5.74) is 10.1. The zero-order valence-electron chi connectivity index (χ0n) is 20.4. The van der Waals surface area contributed by atoms with Gasteiger partial charge in [-0.25, -0.2) is 9.97 Å². The lowest BCUT2D eigenvalue weighted by Crippen LogP contribution is -2.30. The number of likely N-dealkylation sites (tertiary alicyclic amines) is 1. The van der Waals surface area contributed by atoms with Crippen LogP contribution in [0.5, 0.6) is 0 Å². The van der Waals surface area contributed by atoms with E-state index in [4.69, 9.17) is 15.5 Å². The van der Waals surface area contributed by atoms with Crippen molar-refractivity contribution in [2.24, 2.45) is 0 Å². The predicted octanol–water partition coefficient (Wildman–Crippen LogP) is 5.15. The number of aryl methyl sites for hydroxylation is 1. The van der Waals surface area contributed by atoms with E-state index in [1.807, 2.05) is 29.0 Å². The molecule has 1 aliphatic rings. The first-order chi connectivity index (χ1) is 16.7. The van der Waals surface area contributed by atoms with E-state index in [0.29, 0.717) is 19.2 Å². The van der Waals surface area contributed by atoms with Gasteiger partial charge >= 0.3 is 0 Å². The van der Waals surface area contributed by atoms with Crippen LogP contribution in [0.15, 0.2) is 36.5 Å². The van der Waals surface area contributed by atoms with Crippen molar-refractivity contribution in [2.45, 2.75) is 71.6 Å². The van der Waals surface area contributed by atoms with Crippen LogP contribution in [-0.2, 0) is 24.5 Å². The number of ether oxygens (including phenoxy) is 1. The molecule has 6 heteroatoms. The number of hydrogen-bond acceptors (Lipinski definition) is 5.